The van der Waals surface area contributed by atoms with Crippen LogP contribution in [0.25, 0.3) is 0 Å². The van der Waals surface area contributed by atoms with Gasteiger partial charge in [-0.25, -0.2) is 0 Å². The molecule has 0 aromatic carbocycles. The molecule has 0 amide bonds. The summed E-state index contributed by atoms with van der Waals surface area (Å²) >= 11 is 0. The summed E-state index contributed by atoms with van der Waals surface area (Å²) in [5.74, 6) is 0. The van der Waals surface area contributed by atoms with Gasteiger partial charge in [-0.2, -0.15) is 0 Å². The van der Waals surface area contributed by atoms with Crippen LogP contribution >= 0.6 is 0 Å². The maximum Gasteiger partial charge on any atom is 0.125 e. The Balaban J connectivity index is 1.95. The zero-order chi connectivity index (χ0) is 13.9. The Hall–Kier alpha value is -0.960. The Kier molecular flexibility index (Phi) is 8.39. The fourth-order valence-corrected chi connectivity index (χ4v) is 2.46. The number of aliphatic hydroxyl groups excluding tert-OH is 1. The number of hydrogen-bond acceptors (Lipinski definition) is 3. The highest BCUT2D eigenvalue weighted by Crippen LogP contribution is 2.15. The number of nitrogens with zero attached hydrogens (tertiary/aromatic N) is 1. The van der Waals surface area contributed by atoms with Crippen molar-refractivity contribution in [2.75, 3.05) is 0 Å². The minimum absolute atomic E-state index is 0.285. The van der Waals surface area contributed by atoms with Crippen LogP contribution in [0.5, 0.6) is 0 Å². The summed E-state index contributed by atoms with van der Waals surface area (Å²) in [5.41, 5.74) is 0. The molecular formula is C16H30N2O. The second kappa shape index (κ2) is 9.90. The number of hydrogen-bond donors (Lipinski definition) is 2. The van der Waals surface area contributed by atoms with E-state index >= 15 is 0 Å². The highest BCUT2D eigenvalue weighted by Gasteiger charge is 2.20. The summed E-state index contributed by atoms with van der Waals surface area (Å²) in [6.07, 6.45) is 18.3. The molecule has 0 saturated heterocycles. The van der Waals surface area contributed by atoms with E-state index in [1.807, 2.05) is 24.2 Å². The Morgan fingerprint density at radius 2 is 1.95 bits per heavy atom. The first-order chi connectivity index (χ1) is 9.25. The summed E-state index contributed by atoms with van der Waals surface area (Å²) in [7, 11) is 0. The first-order valence-corrected chi connectivity index (χ1v) is 7.79. The van der Waals surface area contributed by atoms with Gasteiger partial charge in [0.2, 0.25) is 0 Å². The predicted octanol–water partition coefficient (Wildman–Crippen LogP) is 3.72. The van der Waals surface area contributed by atoms with Gasteiger partial charge in [0, 0.05) is 12.4 Å². The number of unbranched alkanes of at least 4 members (excludes halogenated alkanes) is 5. The van der Waals surface area contributed by atoms with Gasteiger partial charge in [-0.05, 0) is 39.0 Å². The smallest absolute Gasteiger partial charge is 0.125 e. The Morgan fingerprint density at radius 3 is 2.68 bits per heavy atom. The molecule has 1 heterocycles. The lowest BCUT2D eigenvalue weighted by Crippen LogP contribution is -2.40. The lowest BCUT2D eigenvalue weighted by atomic mass is 10.1. The average molecular weight is 266 g/mol. The first-order valence-electron chi connectivity index (χ1n) is 7.79. The number of nitrogens with one attached hydrogen (secondary N) is 1. The normalized spacial score (nSPS) is 20.2. The Morgan fingerprint density at radius 1 is 1.21 bits per heavy atom. The van der Waals surface area contributed by atoms with Gasteiger partial charge in [0.25, 0.3) is 0 Å². The van der Waals surface area contributed by atoms with Crippen LogP contribution in [0.1, 0.15) is 65.2 Å². The van der Waals surface area contributed by atoms with Crippen molar-refractivity contribution in [3.05, 3.63) is 24.6 Å². The van der Waals surface area contributed by atoms with Crippen molar-refractivity contribution in [3.8, 4) is 0 Å². The summed E-state index contributed by atoms with van der Waals surface area (Å²) in [6.45, 7) is 3.99. The van der Waals surface area contributed by atoms with E-state index in [1.165, 1.54) is 38.5 Å². The monoisotopic (exact) mass is 266 g/mol. The highest BCUT2D eigenvalue weighted by atomic mass is 16.3. The van der Waals surface area contributed by atoms with Gasteiger partial charge in [-0.3, -0.25) is 0 Å². The van der Waals surface area contributed by atoms with E-state index in [-0.39, 0.29) is 6.17 Å². The maximum atomic E-state index is 9.59. The van der Waals surface area contributed by atoms with Crippen LogP contribution in [0.15, 0.2) is 24.6 Å². The number of rotatable bonds is 10. The van der Waals surface area contributed by atoms with Crippen LogP contribution < -0.4 is 5.32 Å². The lowest BCUT2D eigenvalue weighted by molar-refractivity contribution is 0.0254. The van der Waals surface area contributed by atoms with Crippen LogP contribution in [-0.4, -0.2) is 22.4 Å². The minimum atomic E-state index is -0.401. The molecule has 0 bridgehead atoms. The van der Waals surface area contributed by atoms with Crippen LogP contribution in [0, 0.1) is 0 Å². The van der Waals surface area contributed by atoms with E-state index in [1.54, 1.807) is 0 Å². The quantitative estimate of drug-likeness (QED) is 0.467. The van der Waals surface area contributed by atoms with Crippen LogP contribution in [-0.2, 0) is 0 Å². The number of allylic oxidation sites excluding steroid dienone is 2. The first kappa shape index (κ1) is 16.1. The summed E-state index contributed by atoms with van der Waals surface area (Å²) in [5, 5.41) is 12.9. The van der Waals surface area contributed by atoms with Crippen molar-refractivity contribution in [2.45, 2.75) is 77.6 Å². The van der Waals surface area contributed by atoms with Crippen LogP contribution in [0.2, 0.25) is 0 Å². The molecule has 110 valence electrons. The molecule has 19 heavy (non-hydrogen) atoms. The molecule has 0 spiro atoms. The zero-order valence-corrected chi connectivity index (χ0v) is 12.5. The second-order valence-electron chi connectivity index (χ2n) is 5.30. The molecule has 2 unspecified atom stereocenters. The summed E-state index contributed by atoms with van der Waals surface area (Å²) in [4.78, 5) is 1.98. The molecule has 0 fully saturated rings. The van der Waals surface area contributed by atoms with Crippen LogP contribution in [0.4, 0.5) is 0 Å². The van der Waals surface area contributed by atoms with Crippen molar-refractivity contribution in [2.24, 2.45) is 0 Å². The van der Waals surface area contributed by atoms with Crippen molar-refractivity contribution in [1.82, 2.24) is 10.2 Å². The highest BCUT2D eigenvalue weighted by molar-refractivity contribution is 4.94. The van der Waals surface area contributed by atoms with Gasteiger partial charge in [0.05, 0.1) is 0 Å². The SMILES string of the molecule is CC/C=C/CCCCCCCC1NC=CN1C(C)O. The van der Waals surface area contributed by atoms with Crippen molar-refractivity contribution < 1.29 is 5.11 Å². The molecule has 0 aliphatic carbocycles. The topological polar surface area (TPSA) is 35.5 Å². The van der Waals surface area contributed by atoms with Crippen LogP contribution in [0.3, 0.4) is 0 Å². The maximum absolute atomic E-state index is 9.59. The minimum Gasteiger partial charge on any atom is -0.374 e. The molecule has 2 N–H and O–H groups in total. The molecule has 3 nitrogen and oxygen atoms in total. The van der Waals surface area contributed by atoms with Crippen molar-refractivity contribution in [1.29, 1.82) is 0 Å². The molecule has 0 saturated carbocycles. The lowest BCUT2D eigenvalue weighted by Gasteiger charge is -2.28. The van der Waals surface area contributed by atoms with E-state index in [2.05, 4.69) is 24.4 Å². The third-order valence-electron chi connectivity index (χ3n) is 3.58. The molecule has 0 aromatic heterocycles. The van der Waals surface area contributed by atoms with Gasteiger partial charge in [0.15, 0.2) is 0 Å². The Labute approximate surface area is 118 Å². The fraction of sp³-hybridized carbons (Fsp3) is 0.750. The third-order valence-corrected chi connectivity index (χ3v) is 3.58. The molecule has 0 aromatic rings. The van der Waals surface area contributed by atoms with Gasteiger partial charge in [-0.1, -0.05) is 38.3 Å². The largest absolute Gasteiger partial charge is 0.374 e. The van der Waals surface area contributed by atoms with Gasteiger partial charge in [-0.15, -0.1) is 0 Å². The van der Waals surface area contributed by atoms with Crippen molar-refractivity contribution >= 4 is 0 Å². The second-order valence-corrected chi connectivity index (χ2v) is 5.30. The average Bonchev–Trinajstić information content (AvgIpc) is 2.85. The number of aliphatic hydroxyl groups is 1. The molecule has 0 radical (unpaired) electrons. The molecule has 1 aliphatic heterocycles. The molecular weight excluding hydrogens is 236 g/mol. The Bertz CT molecular complexity index is 274. The van der Waals surface area contributed by atoms with E-state index in [9.17, 15) is 5.11 Å². The van der Waals surface area contributed by atoms with E-state index in [0.29, 0.717) is 0 Å². The zero-order valence-electron chi connectivity index (χ0n) is 12.5. The molecule has 3 heteroatoms. The fourth-order valence-electron chi connectivity index (χ4n) is 2.46. The van der Waals surface area contributed by atoms with Gasteiger partial charge in [0.1, 0.15) is 12.4 Å². The van der Waals surface area contributed by atoms with Gasteiger partial charge < -0.3 is 15.3 Å². The predicted molar refractivity (Wildman–Crippen MR) is 81.3 cm³/mol. The van der Waals surface area contributed by atoms with E-state index < -0.39 is 6.23 Å². The molecule has 1 aliphatic rings. The summed E-state index contributed by atoms with van der Waals surface area (Å²) in [6, 6.07) is 0. The molecule has 2 atom stereocenters. The standard InChI is InChI=1S/C16H30N2O/c1-3-4-5-6-7-8-9-10-11-12-16-17-13-14-18(16)15(2)19/h4-5,13-17,19H,3,6-12H2,1-2H3/b5-4+. The summed E-state index contributed by atoms with van der Waals surface area (Å²) < 4.78 is 0. The molecule has 1 rings (SSSR count). The van der Waals surface area contributed by atoms with Gasteiger partial charge >= 0.3 is 0 Å². The van der Waals surface area contributed by atoms with E-state index in [0.717, 1.165) is 12.8 Å². The van der Waals surface area contributed by atoms with Crippen molar-refractivity contribution in [3.63, 3.8) is 0 Å². The third kappa shape index (κ3) is 6.67. The van der Waals surface area contributed by atoms with E-state index in [4.69, 9.17) is 0 Å².